The summed E-state index contributed by atoms with van der Waals surface area (Å²) in [6.07, 6.45) is -2.41. The number of benzene rings is 1. The molecule has 1 aromatic rings. The van der Waals surface area contributed by atoms with E-state index >= 15 is 0 Å². The fraction of sp³-hybridized carbons (Fsp3) is 0.222. The van der Waals surface area contributed by atoms with Gasteiger partial charge in [-0.3, -0.25) is 0 Å². The standard InChI is InChI=1S/C9H7Br2FO4/c1-15-6-2-5(11)7(3-4(6)10)16-8(12)9(13)14/h2-3,8H,1H3,(H,13,14). The molecule has 0 aliphatic carbocycles. The van der Waals surface area contributed by atoms with E-state index in [4.69, 9.17) is 9.84 Å². The highest BCUT2D eigenvalue weighted by Gasteiger charge is 2.19. The largest absolute Gasteiger partial charge is 0.496 e. The first-order valence-electron chi connectivity index (χ1n) is 4.02. The minimum atomic E-state index is -2.41. The van der Waals surface area contributed by atoms with Crippen molar-refractivity contribution >= 4 is 37.8 Å². The van der Waals surface area contributed by atoms with Crippen molar-refractivity contribution < 1.29 is 23.8 Å². The highest BCUT2D eigenvalue weighted by atomic mass is 79.9. The third-order valence-corrected chi connectivity index (χ3v) is 2.87. The highest BCUT2D eigenvalue weighted by molar-refractivity contribution is 9.11. The summed E-state index contributed by atoms with van der Waals surface area (Å²) in [6.45, 7) is 0. The van der Waals surface area contributed by atoms with E-state index in [0.717, 1.165) is 0 Å². The molecule has 0 aliphatic heterocycles. The van der Waals surface area contributed by atoms with E-state index in [9.17, 15) is 9.18 Å². The lowest BCUT2D eigenvalue weighted by Crippen LogP contribution is -2.21. The number of methoxy groups -OCH3 is 1. The van der Waals surface area contributed by atoms with Gasteiger partial charge in [-0.1, -0.05) is 0 Å². The van der Waals surface area contributed by atoms with Crippen LogP contribution in [-0.2, 0) is 4.79 Å². The summed E-state index contributed by atoms with van der Waals surface area (Å²) in [5, 5.41) is 8.35. The average Bonchev–Trinajstić information content (AvgIpc) is 2.22. The van der Waals surface area contributed by atoms with Crippen LogP contribution < -0.4 is 9.47 Å². The van der Waals surface area contributed by atoms with Gasteiger partial charge in [0.15, 0.2) is 0 Å². The monoisotopic (exact) mass is 356 g/mol. The van der Waals surface area contributed by atoms with Crippen molar-refractivity contribution in [3.8, 4) is 11.5 Å². The molecule has 0 fully saturated rings. The maximum Gasteiger partial charge on any atom is 0.378 e. The Morgan fingerprint density at radius 3 is 2.38 bits per heavy atom. The molecule has 7 heteroatoms. The summed E-state index contributed by atoms with van der Waals surface area (Å²) in [5.41, 5.74) is 0. The zero-order valence-corrected chi connectivity index (χ0v) is 11.2. The molecule has 0 aliphatic rings. The summed E-state index contributed by atoms with van der Waals surface area (Å²) in [5.74, 6) is -1.09. The van der Waals surface area contributed by atoms with E-state index in [1.165, 1.54) is 19.2 Å². The van der Waals surface area contributed by atoms with Crippen molar-refractivity contribution in [1.29, 1.82) is 0 Å². The van der Waals surface area contributed by atoms with Crippen molar-refractivity contribution in [1.82, 2.24) is 0 Å². The Balaban J connectivity index is 2.98. The van der Waals surface area contributed by atoms with Gasteiger partial charge in [0, 0.05) is 0 Å². The Hall–Kier alpha value is -0.820. The fourth-order valence-corrected chi connectivity index (χ4v) is 1.82. The number of halogens is 3. The molecule has 1 N–H and O–H groups in total. The number of alkyl halides is 1. The number of carbonyl (C=O) groups is 1. The second kappa shape index (κ2) is 5.49. The number of carboxylic acid groups (broad SMARTS) is 1. The predicted molar refractivity (Wildman–Crippen MR) is 61.6 cm³/mol. The molecule has 0 saturated heterocycles. The summed E-state index contributed by atoms with van der Waals surface area (Å²) in [6, 6.07) is 2.95. The molecule has 1 atom stereocenters. The van der Waals surface area contributed by atoms with Crippen LogP contribution in [0.4, 0.5) is 4.39 Å². The fourth-order valence-electron chi connectivity index (χ4n) is 0.919. The molecule has 0 spiro atoms. The van der Waals surface area contributed by atoms with Gasteiger partial charge in [0.2, 0.25) is 0 Å². The Bertz CT molecular complexity index is 411. The van der Waals surface area contributed by atoms with Crippen LogP contribution in [0.1, 0.15) is 0 Å². The van der Waals surface area contributed by atoms with Crippen LogP contribution in [-0.4, -0.2) is 24.5 Å². The first kappa shape index (κ1) is 13.2. The highest BCUT2D eigenvalue weighted by Crippen LogP contribution is 2.36. The molecular weight excluding hydrogens is 351 g/mol. The van der Waals surface area contributed by atoms with Crippen molar-refractivity contribution in [2.24, 2.45) is 0 Å². The third kappa shape index (κ3) is 3.08. The van der Waals surface area contributed by atoms with Crippen LogP contribution in [0.3, 0.4) is 0 Å². The van der Waals surface area contributed by atoms with Gasteiger partial charge in [-0.05, 0) is 44.0 Å². The molecule has 1 aromatic carbocycles. The van der Waals surface area contributed by atoms with E-state index in [1.807, 2.05) is 0 Å². The van der Waals surface area contributed by atoms with Crippen LogP contribution in [0.25, 0.3) is 0 Å². The molecule has 1 unspecified atom stereocenters. The van der Waals surface area contributed by atoms with E-state index in [2.05, 4.69) is 36.6 Å². The summed E-state index contributed by atoms with van der Waals surface area (Å²) in [7, 11) is 1.47. The lowest BCUT2D eigenvalue weighted by Gasteiger charge is -2.11. The van der Waals surface area contributed by atoms with Crippen molar-refractivity contribution in [3.05, 3.63) is 21.1 Å². The number of hydrogen-bond acceptors (Lipinski definition) is 3. The summed E-state index contributed by atoms with van der Waals surface area (Å²) >= 11 is 6.29. The number of rotatable bonds is 4. The molecule has 0 heterocycles. The van der Waals surface area contributed by atoms with Gasteiger partial charge in [0.25, 0.3) is 0 Å². The van der Waals surface area contributed by atoms with Gasteiger partial charge in [-0.15, -0.1) is 0 Å². The Morgan fingerprint density at radius 1 is 1.38 bits per heavy atom. The van der Waals surface area contributed by atoms with Gasteiger partial charge in [-0.2, -0.15) is 4.39 Å². The van der Waals surface area contributed by atoms with Crippen molar-refractivity contribution in [3.63, 3.8) is 0 Å². The van der Waals surface area contributed by atoms with E-state index in [0.29, 0.717) is 14.7 Å². The van der Waals surface area contributed by atoms with Crippen LogP contribution >= 0.6 is 31.9 Å². The third-order valence-electron chi connectivity index (χ3n) is 1.63. The second-order valence-electron chi connectivity index (χ2n) is 2.69. The quantitative estimate of drug-likeness (QED) is 0.900. The summed E-state index contributed by atoms with van der Waals surface area (Å²) in [4.78, 5) is 10.3. The molecule has 0 radical (unpaired) electrons. The minimum Gasteiger partial charge on any atom is -0.496 e. The van der Waals surface area contributed by atoms with Crippen LogP contribution in [0, 0.1) is 0 Å². The normalized spacial score (nSPS) is 12.0. The first-order valence-corrected chi connectivity index (χ1v) is 5.61. The Kier molecular flexibility index (Phi) is 4.55. The van der Waals surface area contributed by atoms with Gasteiger partial charge in [-0.25, -0.2) is 4.79 Å². The first-order chi connectivity index (χ1) is 7.45. The maximum atomic E-state index is 12.8. The molecule has 0 saturated carbocycles. The molecule has 16 heavy (non-hydrogen) atoms. The van der Waals surface area contributed by atoms with Crippen molar-refractivity contribution in [2.45, 2.75) is 6.36 Å². The van der Waals surface area contributed by atoms with Gasteiger partial charge >= 0.3 is 12.3 Å². The lowest BCUT2D eigenvalue weighted by atomic mass is 10.3. The molecule has 0 bridgehead atoms. The zero-order valence-electron chi connectivity index (χ0n) is 8.04. The SMILES string of the molecule is COc1cc(Br)c(OC(F)C(=O)O)cc1Br. The molecule has 0 amide bonds. The van der Waals surface area contributed by atoms with Crippen LogP contribution in [0.2, 0.25) is 0 Å². The smallest absolute Gasteiger partial charge is 0.378 e. The Morgan fingerprint density at radius 2 is 1.88 bits per heavy atom. The van der Waals surface area contributed by atoms with E-state index in [-0.39, 0.29) is 5.75 Å². The van der Waals surface area contributed by atoms with E-state index in [1.54, 1.807) is 0 Å². The topological polar surface area (TPSA) is 55.8 Å². The lowest BCUT2D eigenvalue weighted by molar-refractivity contribution is -0.153. The molecule has 0 aromatic heterocycles. The number of aliphatic carboxylic acids is 1. The summed E-state index contributed by atoms with van der Waals surface area (Å²) < 4.78 is 23.3. The average molecular weight is 358 g/mol. The zero-order chi connectivity index (χ0) is 12.3. The van der Waals surface area contributed by atoms with Gasteiger partial charge in [0.1, 0.15) is 11.5 Å². The van der Waals surface area contributed by atoms with E-state index < -0.39 is 12.3 Å². The van der Waals surface area contributed by atoms with Crippen LogP contribution in [0.5, 0.6) is 11.5 Å². The predicted octanol–water partition coefficient (Wildman–Crippen LogP) is 2.98. The minimum absolute atomic E-state index is 0.0718. The molecule has 88 valence electrons. The number of carboxylic acids is 1. The second-order valence-corrected chi connectivity index (χ2v) is 4.40. The molecule has 4 nitrogen and oxygen atoms in total. The maximum absolute atomic E-state index is 12.8. The Labute approximate surface area is 108 Å². The van der Waals surface area contributed by atoms with Crippen molar-refractivity contribution in [2.75, 3.05) is 7.11 Å². The molecular formula is C9H7Br2FO4. The van der Waals surface area contributed by atoms with Gasteiger partial charge < -0.3 is 14.6 Å². The molecule has 1 rings (SSSR count). The number of hydrogen-bond donors (Lipinski definition) is 1. The van der Waals surface area contributed by atoms with Crippen LogP contribution in [0.15, 0.2) is 21.1 Å². The van der Waals surface area contributed by atoms with Gasteiger partial charge in [0.05, 0.1) is 16.1 Å². The number of ether oxygens (including phenoxy) is 2.